The van der Waals surface area contributed by atoms with Crippen molar-refractivity contribution < 1.29 is 9.66 Å². The number of nitro groups is 1. The number of hydrogen-bond acceptors (Lipinski definition) is 3. The van der Waals surface area contributed by atoms with Crippen molar-refractivity contribution in [1.29, 1.82) is 0 Å². The van der Waals surface area contributed by atoms with Gasteiger partial charge in [0.15, 0.2) is 6.10 Å². The average Bonchev–Trinajstić information content (AvgIpc) is 2.46. The van der Waals surface area contributed by atoms with Gasteiger partial charge in [0.1, 0.15) is 5.75 Å². The van der Waals surface area contributed by atoms with Gasteiger partial charge in [-0.15, -0.1) is 0 Å². The molecular formula is C15H12ClNO3. The summed E-state index contributed by atoms with van der Waals surface area (Å²) in [5.74, 6) is 0.668. The van der Waals surface area contributed by atoms with E-state index in [-0.39, 0.29) is 4.92 Å². The highest BCUT2D eigenvalue weighted by Gasteiger charge is 2.39. The summed E-state index contributed by atoms with van der Waals surface area (Å²) in [6, 6.07) is 13.7. The largest absolute Gasteiger partial charge is 0.478 e. The van der Waals surface area contributed by atoms with Crippen LogP contribution in [0.5, 0.6) is 5.75 Å². The summed E-state index contributed by atoms with van der Waals surface area (Å²) >= 11 is 5.93. The van der Waals surface area contributed by atoms with E-state index in [1.807, 2.05) is 30.3 Å². The number of hydrogen-bond donors (Lipinski definition) is 0. The van der Waals surface area contributed by atoms with Gasteiger partial charge < -0.3 is 4.74 Å². The third-order valence-corrected chi connectivity index (χ3v) is 3.69. The van der Waals surface area contributed by atoms with E-state index in [0.29, 0.717) is 17.2 Å². The Morgan fingerprint density at radius 1 is 1.20 bits per heavy atom. The van der Waals surface area contributed by atoms with Gasteiger partial charge in [-0.3, -0.25) is 10.1 Å². The lowest BCUT2D eigenvalue weighted by molar-refractivity contribution is -0.535. The number of nitrogens with zero attached hydrogens (tertiary/aromatic N) is 1. The molecule has 0 amide bonds. The van der Waals surface area contributed by atoms with Gasteiger partial charge in [0.05, 0.1) is 0 Å². The molecule has 3 rings (SSSR count). The SMILES string of the molecule is O=[N+]([O-])[C@@H]1Cc2cc(Cl)ccc2O[C@H]1c1ccccc1. The molecule has 1 heterocycles. The lowest BCUT2D eigenvalue weighted by Gasteiger charge is -2.29. The Balaban J connectivity index is 2.02. The van der Waals surface area contributed by atoms with Crippen molar-refractivity contribution in [2.45, 2.75) is 18.6 Å². The van der Waals surface area contributed by atoms with E-state index in [0.717, 1.165) is 11.1 Å². The molecule has 0 N–H and O–H groups in total. The summed E-state index contributed by atoms with van der Waals surface area (Å²) in [5.41, 5.74) is 1.60. The highest BCUT2D eigenvalue weighted by Crippen LogP contribution is 2.37. The van der Waals surface area contributed by atoms with Gasteiger partial charge in [-0.05, 0) is 23.8 Å². The normalized spacial score (nSPS) is 20.9. The summed E-state index contributed by atoms with van der Waals surface area (Å²) < 4.78 is 5.85. The molecule has 1 aliphatic rings. The topological polar surface area (TPSA) is 52.4 Å². The predicted molar refractivity (Wildman–Crippen MR) is 75.7 cm³/mol. The molecule has 0 spiro atoms. The highest BCUT2D eigenvalue weighted by atomic mass is 35.5. The lowest BCUT2D eigenvalue weighted by Crippen LogP contribution is -2.36. The van der Waals surface area contributed by atoms with Crippen LogP contribution in [0.3, 0.4) is 0 Å². The molecule has 2 aromatic carbocycles. The summed E-state index contributed by atoms with van der Waals surface area (Å²) in [6.07, 6.45) is -0.248. The predicted octanol–water partition coefficient (Wildman–Crippen LogP) is 3.66. The van der Waals surface area contributed by atoms with Crippen LogP contribution in [0, 0.1) is 10.1 Å². The molecule has 0 fully saturated rings. The van der Waals surface area contributed by atoms with Gasteiger partial charge in [0.2, 0.25) is 0 Å². The number of rotatable bonds is 2. The number of halogens is 1. The molecule has 2 atom stereocenters. The standard InChI is InChI=1S/C15H12ClNO3/c16-12-6-7-14-11(8-12)9-13(17(18)19)15(20-14)10-4-2-1-3-5-10/h1-8,13,15H,9H2/t13-,15+/m1/s1. The van der Waals surface area contributed by atoms with Crippen molar-refractivity contribution in [3.05, 3.63) is 74.8 Å². The fourth-order valence-corrected chi connectivity index (χ4v) is 2.68. The van der Waals surface area contributed by atoms with Crippen LogP contribution >= 0.6 is 11.6 Å². The summed E-state index contributed by atoms with van der Waals surface area (Å²) in [7, 11) is 0. The van der Waals surface area contributed by atoms with E-state index in [9.17, 15) is 10.1 Å². The van der Waals surface area contributed by atoms with Gasteiger partial charge in [0, 0.05) is 21.9 Å². The van der Waals surface area contributed by atoms with Crippen molar-refractivity contribution in [2.24, 2.45) is 0 Å². The molecule has 0 saturated carbocycles. The van der Waals surface area contributed by atoms with Crippen molar-refractivity contribution >= 4 is 11.6 Å². The minimum absolute atomic E-state index is 0.276. The Labute approximate surface area is 121 Å². The van der Waals surface area contributed by atoms with E-state index in [2.05, 4.69) is 0 Å². The Morgan fingerprint density at radius 2 is 1.95 bits per heavy atom. The second-order valence-electron chi connectivity index (χ2n) is 4.76. The molecule has 0 aliphatic carbocycles. The van der Waals surface area contributed by atoms with Crippen LogP contribution in [0.1, 0.15) is 17.2 Å². The zero-order valence-corrected chi connectivity index (χ0v) is 11.3. The maximum Gasteiger partial charge on any atom is 0.257 e. The van der Waals surface area contributed by atoms with Gasteiger partial charge in [-0.1, -0.05) is 41.9 Å². The van der Waals surface area contributed by atoms with Gasteiger partial charge in [0.25, 0.3) is 6.04 Å². The van der Waals surface area contributed by atoms with Crippen molar-refractivity contribution in [2.75, 3.05) is 0 Å². The monoisotopic (exact) mass is 289 g/mol. The first-order chi connectivity index (χ1) is 9.65. The molecule has 0 radical (unpaired) electrons. The maximum absolute atomic E-state index is 11.3. The molecule has 0 unspecified atom stereocenters. The summed E-state index contributed by atoms with van der Waals surface area (Å²) in [6.45, 7) is 0. The molecule has 102 valence electrons. The minimum Gasteiger partial charge on any atom is -0.478 e. The Morgan fingerprint density at radius 3 is 2.65 bits per heavy atom. The highest BCUT2D eigenvalue weighted by molar-refractivity contribution is 6.30. The average molecular weight is 290 g/mol. The quantitative estimate of drug-likeness (QED) is 0.626. The third kappa shape index (κ3) is 2.34. The molecule has 2 aromatic rings. The first-order valence-electron chi connectivity index (χ1n) is 6.28. The molecular weight excluding hydrogens is 278 g/mol. The molecule has 0 bridgehead atoms. The summed E-state index contributed by atoms with van der Waals surface area (Å²) in [5, 5.41) is 11.9. The van der Waals surface area contributed by atoms with E-state index in [1.165, 1.54) is 0 Å². The van der Waals surface area contributed by atoms with Crippen LogP contribution < -0.4 is 4.74 Å². The van der Waals surface area contributed by atoms with Crippen LogP contribution in [0.2, 0.25) is 5.02 Å². The molecule has 1 aliphatic heterocycles. The van der Waals surface area contributed by atoms with E-state index >= 15 is 0 Å². The van der Waals surface area contributed by atoms with Crippen LogP contribution in [-0.4, -0.2) is 11.0 Å². The lowest BCUT2D eigenvalue weighted by atomic mass is 9.93. The van der Waals surface area contributed by atoms with Crippen molar-refractivity contribution in [1.82, 2.24) is 0 Å². The Kier molecular flexibility index (Phi) is 3.32. The first-order valence-corrected chi connectivity index (χ1v) is 6.66. The first kappa shape index (κ1) is 12.9. The van der Waals surface area contributed by atoms with Gasteiger partial charge >= 0.3 is 0 Å². The van der Waals surface area contributed by atoms with Crippen molar-refractivity contribution in [3.8, 4) is 5.75 Å². The third-order valence-electron chi connectivity index (χ3n) is 3.45. The minimum atomic E-state index is -0.802. The van der Waals surface area contributed by atoms with Gasteiger partial charge in [-0.2, -0.15) is 0 Å². The zero-order valence-electron chi connectivity index (χ0n) is 10.5. The molecule has 0 saturated heterocycles. The van der Waals surface area contributed by atoms with Crippen LogP contribution in [0.4, 0.5) is 0 Å². The summed E-state index contributed by atoms with van der Waals surface area (Å²) in [4.78, 5) is 11.0. The molecule has 20 heavy (non-hydrogen) atoms. The number of fused-ring (bicyclic) bond motifs is 1. The van der Waals surface area contributed by atoms with E-state index in [1.54, 1.807) is 18.2 Å². The Hall–Kier alpha value is -2.07. The van der Waals surface area contributed by atoms with Crippen LogP contribution in [0.15, 0.2) is 48.5 Å². The second-order valence-corrected chi connectivity index (χ2v) is 5.19. The van der Waals surface area contributed by atoms with Crippen molar-refractivity contribution in [3.63, 3.8) is 0 Å². The van der Waals surface area contributed by atoms with E-state index < -0.39 is 12.1 Å². The second kappa shape index (κ2) is 5.13. The molecule has 5 heteroatoms. The number of benzene rings is 2. The van der Waals surface area contributed by atoms with Gasteiger partial charge in [-0.25, -0.2) is 0 Å². The maximum atomic E-state index is 11.3. The fourth-order valence-electron chi connectivity index (χ4n) is 2.49. The zero-order chi connectivity index (χ0) is 14.1. The van der Waals surface area contributed by atoms with Crippen LogP contribution in [0.25, 0.3) is 0 Å². The fraction of sp³-hybridized carbons (Fsp3) is 0.200. The number of ether oxygens (including phenoxy) is 1. The Bertz CT molecular complexity index is 645. The molecule has 4 nitrogen and oxygen atoms in total. The van der Waals surface area contributed by atoms with E-state index in [4.69, 9.17) is 16.3 Å². The smallest absolute Gasteiger partial charge is 0.257 e. The molecule has 0 aromatic heterocycles. The van der Waals surface area contributed by atoms with Crippen LogP contribution in [-0.2, 0) is 6.42 Å².